The van der Waals surface area contributed by atoms with Crippen LogP contribution in [-0.4, -0.2) is 29.8 Å². The molecule has 0 rings (SSSR count). The molecule has 0 saturated carbocycles. The molecule has 16 heavy (non-hydrogen) atoms. The number of rotatable bonds is 6. The minimum atomic E-state index is -0.385. The summed E-state index contributed by atoms with van der Waals surface area (Å²) >= 11 is 0. The van der Waals surface area contributed by atoms with Crippen molar-refractivity contribution < 1.29 is 9.59 Å². The van der Waals surface area contributed by atoms with Gasteiger partial charge in [-0.15, -0.1) is 0 Å². The third-order valence-electron chi connectivity index (χ3n) is 2.38. The normalized spacial score (nSPS) is 15.0. The molecule has 0 aromatic heterocycles. The van der Waals surface area contributed by atoms with Gasteiger partial charge in [0.2, 0.25) is 5.91 Å². The van der Waals surface area contributed by atoms with Gasteiger partial charge in [0, 0.05) is 6.04 Å². The smallest absolute Gasteiger partial charge is 0.237 e. The first-order valence-corrected chi connectivity index (χ1v) is 5.82. The molecule has 0 aliphatic rings. The molecule has 2 N–H and O–H groups in total. The quantitative estimate of drug-likeness (QED) is 0.716. The molecule has 0 aromatic carbocycles. The van der Waals surface area contributed by atoms with Crippen LogP contribution in [0.1, 0.15) is 41.5 Å². The van der Waals surface area contributed by atoms with Crippen LogP contribution in [0.2, 0.25) is 0 Å². The summed E-state index contributed by atoms with van der Waals surface area (Å²) in [4.78, 5) is 23.1. The summed E-state index contributed by atoms with van der Waals surface area (Å²) in [5, 5.41) is 5.87. The second-order valence-electron chi connectivity index (χ2n) is 4.88. The first kappa shape index (κ1) is 15.1. The SMILES string of the molecule is CC(=O)C(NC(=O)[C@H](C)NC(C)C)C(C)C. The second-order valence-corrected chi connectivity index (χ2v) is 4.88. The largest absolute Gasteiger partial charge is 0.345 e. The molecule has 0 fully saturated rings. The fourth-order valence-corrected chi connectivity index (χ4v) is 1.59. The Hall–Kier alpha value is -0.900. The summed E-state index contributed by atoms with van der Waals surface area (Å²) in [6.07, 6.45) is 0. The highest BCUT2D eigenvalue weighted by molar-refractivity contribution is 5.89. The van der Waals surface area contributed by atoms with Crippen molar-refractivity contribution in [3.63, 3.8) is 0 Å². The summed E-state index contributed by atoms with van der Waals surface area (Å²) in [5.41, 5.74) is 0. The van der Waals surface area contributed by atoms with Gasteiger partial charge in [-0.3, -0.25) is 9.59 Å². The van der Waals surface area contributed by atoms with Crippen molar-refractivity contribution in [1.29, 1.82) is 0 Å². The summed E-state index contributed by atoms with van der Waals surface area (Å²) < 4.78 is 0. The minimum absolute atomic E-state index is 0.0000898. The monoisotopic (exact) mass is 228 g/mol. The van der Waals surface area contributed by atoms with Crippen molar-refractivity contribution in [3.8, 4) is 0 Å². The molecule has 0 bridgehead atoms. The van der Waals surface area contributed by atoms with Crippen LogP contribution < -0.4 is 10.6 Å². The highest BCUT2D eigenvalue weighted by atomic mass is 16.2. The van der Waals surface area contributed by atoms with Crippen molar-refractivity contribution in [2.75, 3.05) is 0 Å². The third-order valence-corrected chi connectivity index (χ3v) is 2.38. The average molecular weight is 228 g/mol. The van der Waals surface area contributed by atoms with E-state index in [1.807, 2.05) is 27.7 Å². The van der Waals surface area contributed by atoms with E-state index in [-0.39, 0.29) is 35.7 Å². The maximum absolute atomic E-state index is 11.8. The van der Waals surface area contributed by atoms with Gasteiger partial charge in [0.15, 0.2) is 5.78 Å². The fourth-order valence-electron chi connectivity index (χ4n) is 1.59. The molecular weight excluding hydrogens is 204 g/mol. The lowest BCUT2D eigenvalue weighted by molar-refractivity contribution is -0.128. The Morgan fingerprint density at radius 3 is 1.81 bits per heavy atom. The van der Waals surface area contributed by atoms with Gasteiger partial charge in [0.05, 0.1) is 12.1 Å². The first-order chi connectivity index (χ1) is 7.25. The van der Waals surface area contributed by atoms with Gasteiger partial charge in [-0.05, 0) is 19.8 Å². The molecule has 0 aromatic rings. The van der Waals surface area contributed by atoms with Crippen molar-refractivity contribution in [2.24, 2.45) is 5.92 Å². The van der Waals surface area contributed by atoms with Crippen molar-refractivity contribution in [2.45, 2.75) is 59.7 Å². The summed E-state index contributed by atoms with van der Waals surface area (Å²) in [7, 11) is 0. The van der Waals surface area contributed by atoms with E-state index < -0.39 is 0 Å². The van der Waals surface area contributed by atoms with Crippen LogP contribution in [-0.2, 0) is 9.59 Å². The van der Waals surface area contributed by atoms with Crippen LogP contribution in [0.5, 0.6) is 0 Å². The molecule has 0 aliphatic carbocycles. The van der Waals surface area contributed by atoms with Crippen LogP contribution in [0.25, 0.3) is 0 Å². The molecule has 0 saturated heterocycles. The molecule has 0 heterocycles. The number of carbonyl (C=O) groups excluding carboxylic acids is 2. The molecule has 4 heteroatoms. The van der Waals surface area contributed by atoms with Crippen molar-refractivity contribution in [1.82, 2.24) is 10.6 Å². The van der Waals surface area contributed by atoms with E-state index in [1.165, 1.54) is 6.92 Å². The fraction of sp³-hybridized carbons (Fsp3) is 0.833. The van der Waals surface area contributed by atoms with Gasteiger partial charge >= 0.3 is 0 Å². The van der Waals surface area contributed by atoms with E-state index in [1.54, 1.807) is 6.92 Å². The van der Waals surface area contributed by atoms with E-state index in [0.717, 1.165) is 0 Å². The number of amides is 1. The van der Waals surface area contributed by atoms with Gasteiger partial charge < -0.3 is 10.6 Å². The number of ketones is 1. The Bertz CT molecular complexity index is 249. The number of nitrogens with one attached hydrogen (secondary N) is 2. The van der Waals surface area contributed by atoms with E-state index in [0.29, 0.717) is 0 Å². The summed E-state index contributed by atoms with van der Waals surface area (Å²) in [6, 6.07) is -0.417. The summed E-state index contributed by atoms with van der Waals surface area (Å²) in [6.45, 7) is 11.1. The molecular formula is C12H24N2O2. The van der Waals surface area contributed by atoms with Gasteiger partial charge in [-0.1, -0.05) is 27.7 Å². The summed E-state index contributed by atoms with van der Waals surface area (Å²) in [5.74, 6) is -0.00426. The molecule has 94 valence electrons. The lowest BCUT2D eigenvalue weighted by Crippen LogP contribution is -2.51. The van der Waals surface area contributed by atoms with Crippen molar-refractivity contribution in [3.05, 3.63) is 0 Å². The van der Waals surface area contributed by atoms with Gasteiger partial charge in [0.25, 0.3) is 0 Å². The van der Waals surface area contributed by atoms with Gasteiger partial charge in [-0.25, -0.2) is 0 Å². The zero-order valence-corrected chi connectivity index (χ0v) is 11.1. The highest BCUT2D eigenvalue weighted by Gasteiger charge is 2.23. The Morgan fingerprint density at radius 2 is 1.50 bits per heavy atom. The Kier molecular flexibility index (Phi) is 6.26. The maximum Gasteiger partial charge on any atom is 0.237 e. The number of carbonyl (C=O) groups is 2. The van der Waals surface area contributed by atoms with Gasteiger partial charge in [0.1, 0.15) is 0 Å². The number of Topliss-reactive ketones (excluding diaryl/α,β-unsaturated/α-hetero) is 1. The second kappa shape index (κ2) is 6.63. The van der Waals surface area contributed by atoms with Gasteiger partial charge in [-0.2, -0.15) is 0 Å². The van der Waals surface area contributed by atoms with Crippen molar-refractivity contribution >= 4 is 11.7 Å². The molecule has 1 amide bonds. The topological polar surface area (TPSA) is 58.2 Å². The Balaban J connectivity index is 4.35. The van der Waals surface area contributed by atoms with E-state index in [4.69, 9.17) is 0 Å². The third kappa shape index (κ3) is 5.26. The molecule has 1 unspecified atom stereocenters. The predicted molar refractivity (Wildman–Crippen MR) is 65.2 cm³/mol. The molecule has 0 spiro atoms. The van der Waals surface area contributed by atoms with E-state index >= 15 is 0 Å². The zero-order valence-electron chi connectivity index (χ0n) is 11.1. The van der Waals surface area contributed by atoms with E-state index in [9.17, 15) is 9.59 Å². The first-order valence-electron chi connectivity index (χ1n) is 5.82. The molecule has 0 radical (unpaired) electrons. The van der Waals surface area contributed by atoms with Crippen LogP contribution in [0, 0.1) is 5.92 Å². The minimum Gasteiger partial charge on any atom is -0.345 e. The number of hydrogen-bond acceptors (Lipinski definition) is 3. The highest BCUT2D eigenvalue weighted by Crippen LogP contribution is 2.03. The lowest BCUT2D eigenvalue weighted by atomic mass is 10.0. The maximum atomic E-state index is 11.8. The molecule has 0 aliphatic heterocycles. The number of hydrogen-bond donors (Lipinski definition) is 2. The lowest BCUT2D eigenvalue weighted by Gasteiger charge is -2.23. The standard InChI is InChI=1S/C12H24N2O2/c1-7(2)11(10(6)15)14-12(16)9(5)13-8(3)4/h7-9,11,13H,1-6H3,(H,14,16)/t9-,11?/m0/s1. The Labute approximate surface area is 98.2 Å². The van der Waals surface area contributed by atoms with Crippen LogP contribution in [0.4, 0.5) is 0 Å². The van der Waals surface area contributed by atoms with Crippen LogP contribution in [0.3, 0.4) is 0 Å². The van der Waals surface area contributed by atoms with E-state index in [2.05, 4.69) is 10.6 Å². The zero-order chi connectivity index (χ0) is 12.9. The molecule has 4 nitrogen and oxygen atoms in total. The Morgan fingerprint density at radius 1 is 1.00 bits per heavy atom. The molecule has 2 atom stereocenters. The average Bonchev–Trinajstić information content (AvgIpc) is 2.11. The van der Waals surface area contributed by atoms with Crippen LogP contribution in [0.15, 0.2) is 0 Å². The van der Waals surface area contributed by atoms with Crippen LogP contribution >= 0.6 is 0 Å². The predicted octanol–water partition coefficient (Wildman–Crippen LogP) is 1.10.